The van der Waals surface area contributed by atoms with Gasteiger partial charge in [0, 0.05) is 31.0 Å². The molecule has 5 nitrogen and oxygen atoms in total. The summed E-state index contributed by atoms with van der Waals surface area (Å²) in [5, 5.41) is 5.24. The summed E-state index contributed by atoms with van der Waals surface area (Å²) in [4.78, 5) is 17.6. The predicted molar refractivity (Wildman–Crippen MR) is 90.3 cm³/mol. The van der Waals surface area contributed by atoms with Crippen molar-refractivity contribution in [3.8, 4) is 0 Å². The molecule has 0 bridgehead atoms. The number of thiophene rings is 1. The zero-order chi connectivity index (χ0) is 16.1. The van der Waals surface area contributed by atoms with Gasteiger partial charge in [-0.1, -0.05) is 6.07 Å². The molecule has 0 radical (unpaired) electrons. The first-order valence-corrected chi connectivity index (χ1v) is 9.00. The van der Waals surface area contributed by atoms with Gasteiger partial charge in [0.15, 0.2) is 0 Å². The lowest BCUT2D eigenvalue weighted by atomic mass is 10.0. The van der Waals surface area contributed by atoms with Crippen LogP contribution in [0.5, 0.6) is 0 Å². The minimum atomic E-state index is 0.0210. The summed E-state index contributed by atoms with van der Waals surface area (Å²) < 4.78 is 7.82. The minimum absolute atomic E-state index is 0.0210. The normalized spacial score (nSPS) is 21.3. The van der Waals surface area contributed by atoms with Crippen LogP contribution in [-0.4, -0.2) is 28.1 Å². The van der Waals surface area contributed by atoms with E-state index in [0.717, 1.165) is 31.4 Å². The molecule has 0 unspecified atom stereocenters. The van der Waals surface area contributed by atoms with Gasteiger partial charge < -0.3 is 14.6 Å². The zero-order valence-corrected chi connectivity index (χ0v) is 14.2. The third kappa shape index (κ3) is 4.42. The number of nitrogens with one attached hydrogen (secondary N) is 1. The maximum atomic E-state index is 12.1. The van der Waals surface area contributed by atoms with E-state index in [1.54, 1.807) is 17.7 Å². The van der Waals surface area contributed by atoms with E-state index in [1.165, 1.54) is 4.88 Å². The van der Waals surface area contributed by atoms with Gasteiger partial charge in [-0.25, -0.2) is 4.98 Å². The molecule has 1 amide bonds. The second kappa shape index (κ2) is 7.75. The Morgan fingerprint density at radius 3 is 3.22 bits per heavy atom. The topological polar surface area (TPSA) is 56.2 Å². The number of aryl methyl sites for hydroxylation is 2. The van der Waals surface area contributed by atoms with Crippen molar-refractivity contribution >= 4 is 17.2 Å². The molecule has 1 aliphatic rings. The van der Waals surface area contributed by atoms with Crippen LogP contribution in [-0.2, 0) is 23.0 Å². The van der Waals surface area contributed by atoms with Gasteiger partial charge in [-0.3, -0.25) is 4.79 Å². The van der Waals surface area contributed by atoms with Crippen LogP contribution in [0.2, 0.25) is 0 Å². The second-order valence-corrected chi connectivity index (χ2v) is 7.04. The van der Waals surface area contributed by atoms with Crippen molar-refractivity contribution in [3.05, 3.63) is 40.6 Å². The molecule has 0 spiro atoms. The molecule has 0 aliphatic carbocycles. The van der Waals surface area contributed by atoms with E-state index in [2.05, 4.69) is 27.8 Å². The molecule has 1 saturated heterocycles. The third-order valence-electron chi connectivity index (χ3n) is 4.24. The zero-order valence-electron chi connectivity index (χ0n) is 13.4. The van der Waals surface area contributed by atoms with Gasteiger partial charge in [0.05, 0.1) is 18.2 Å². The number of carbonyl (C=O) groups is 1. The molecule has 2 aromatic rings. The van der Waals surface area contributed by atoms with Gasteiger partial charge in [0.1, 0.15) is 6.10 Å². The van der Waals surface area contributed by atoms with Gasteiger partial charge in [0.2, 0.25) is 5.91 Å². The molecule has 1 aliphatic heterocycles. The Labute approximate surface area is 140 Å². The van der Waals surface area contributed by atoms with Crippen molar-refractivity contribution in [2.75, 3.05) is 6.61 Å². The van der Waals surface area contributed by atoms with Crippen molar-refractivity contribution in [2.45, 2.75) is 44.2 Å². The Bertz CT molecular complexity index is 624. The van der Waals surface area contributed by atoms with Crippen LogP contribution in [0.1, 0.15) is 42.4 Å². The largest absolute Gasteiger partial charge is 0.372 e. The van der Waals surface area contributed by atoms with Crippen molar-refractivity contribution in [1.29, 1.82) is 0 Å². The van der Waals surface area contributed by atoms with E-state index in [4.69, 9.17) is 4.74 Å². The highest BCUT2D eigenvalue weighted by Crippen LogP contribution is 2.27. The SMILES string of the molecule is Cn1cncc1[C@H]1C[C@H](NC(=O)CCCc2cccs2)CCO1. The number of hydrogen-bond acceptors (Lipinski definition) is 4. The lowest BCUT2D eigenvalue weighted by Crippen LogP contribution is -2.40. The third-order valence-corrected chi connectivity index (χ3v) is 5.18. The molecule has 124 valence electrons. The fraction of sp³-hybridized carbons (Fsp3) is 0.529. The number of nitrogens with zero attached hydrogens (tertiary/aromatic N) is 2. The molecule has 0 saturated carbocycles. The standard InChI is InChI=1S/C17H23N3O2S/c1-20-12-18-11-15(20)16-10-13(7-8-22-16)19-17(21)6-2-4-14-5-3-9-23-14/h3,5,9,11-13,16H,2,4,6-8,10H2,1H3,(H,19,21)/t13-,16-/m1/s1. The molecular formula is C17H23N3O2S. The van der Waals surface area contributed by atoms with Crippen LogP contribution in [0.4, 0.5) is 0 Å². The molecule has 6 heteroatoms. The van der Waals surface area contributed by atoms with Crippen LogP contribution in [0.3, 0.4) is 0 Å². The van der Waals surface area contributed by atoms with Gasteiger partial charge in [-0.15, -0.1) is 11.3 Å². The number of hydrogen-bond donors (Lipinski definition) is 1. The number of ether oxygens (including phenoxy) is 1. The van der Waals surface area contributed by atoms with Gasteiger partial charge in [-0.05, 0) is 37.1 Å². The fourth-order valence-electron chi connectivity index (χ4n) is 2.99. The average molecular weight is 333 g/mol. The number of rotatable bonds is 6. The van der Waals surface area contributed by atoms with Gasteiger partial charge in [0.25, 0.3) is 0 Å². The Morgan fingerprint density at radius 1 is 1.57 bits per heavy atom. The maximum Gasteiger partial charge on any atom is 0.220 e. The Hall–Kier alpha value is -1.66. The highest BCUT2D eigenvalue weighted by atomic mass is 32.1. The maximum absolute atomic E-state index is 12.1. The number of amides is 1. The lowest BCUT2D eigenvalue weighted by molar-refractivity contribution is -0.123. The summed E-state index contributed by atoms with van der Waals surface area (Å²) in [5.74, 6) is 0.150. The summed E-state index contributed by atoms with van der Waals surface area (Å²) >= 11 is 1.75. The molecule has 1 N–H and O–H groups in total. The van der Waals surface area contributed by atoms with Crippen LogP contribution >= 0.6 is 11.3 Å². The first kappa shape index (κ1) is 16.2. The fourth-order valence-corrected chi connectivity index (χ4v) is 3.74. The van der Waals surface area contributed by atoms with Crippen molar-refractivity contribution in [3.63, 3.8) is 0 Å². The molecular weight excluding hydrogens is 310 g/mol. The second-order valence-electron chi connectivity index (χ2n) is 6.01. The molecule has 2 atom stereocenters. The quantitative estimate of drug-likeness (QED) is 0.884. The number of imidazole rings is 1. The summed E-state index contributed by atoms with van der Waals surface area (Å²) in [6.45, 7) is 0.677. The smallest absolute Gasteiger partial charge is 0.220 e. The predicted octanol–water partition coefficient (Wildman–Crippen LogP) is 2.84. The van der Waals surface area contributed by atoms with Crippen molar-refractivity contribution in [2.24, 2.45) is 7.05 Å². The molecule has 3 rings (SSSR count). The Kier molecular flexibility index (Phi) is 5.46. The monoisotopic (exact) mass is 333 g/mol. The number of carbonyl (C=O) groups excluding carboxylic acids is 1. The van der Waals surface area contributed by atoms with Crippen LogP contribution < -0.4 is 5.32 Å². The van der Waals surface area contributed by atoms with Gasteiger partial charge >= 0.3 is 0 Å². The van der Waals surface area contributed by atoms with Crippen molar-refractivity contribution in [1.82, 2.24) is 14.9 Å². The Balaban J connectivity index is 1.44. The highest BCUT2D eigenvalue weighted by Gasteiger charge is 2.26. The molecule has 0 aromatic carbocycles. The average Bonchev–Trinajstić information content (AvgIpc) is 3.19. The molecule has 1 fully saturated rings. The summed E-state index contributed by atoms with van der Waals surface area (Å²) in [6.07, 6.45) is 7.82. The minimum Gasteiger partial charge on any atom is -0.372 e. The number of aromatic nitrogens is 2. The highest BCUT2D eigenvalue weighted by molar-refractivity contribution is 7.09. The van der Waals surface area contributed by atoms with E-state index < -0.39 is 0 Å². The molecule has 23 heavy (non-hydrogen) atoms. The van der Waals surface area contributed by atoms with Crippen molar-refractivity contribution < 1.29 is 9.53 Å². The van der Waals surface area contributed by atoms with E-state index in [-0.39, 0.29) is 18.1 Å². The molecule has 2 aromatic heterocycles. The van der Waals surface area contributed by atoms with Gasteiger partial charge in [-0.2, -0.15) is 0 Å². The lowest BCUT2D eigenvalue weighted by Gasteiger charge is -2.30. The summed E-state index contributed by atoms with van der Waals surface area (Å²) in [6, 6.07) is 4.37. The van der Waals surface area contributed by atoms with E-state index >= 15 is 0 Å². The summed E-state index contributed by atoms with van der Waals surface area (Å²) in [5.41, 5.74) is 1.07. The first-order valence-electron chi connectivity index (χ1n) is 8.12. The van der Waals surface area contributed by atoms with E-state index in [0.29, 0.717) is 13.0 Å². The molecule has 3 heterocycles. The van der Waals surface area contributed by atoms with Crippen LogP contribution in [0, 0.1) is 0 Å². The summed E-state index contributed by atoms with van der Waals surface area (Å²) in [7, 11) is 1.97. The van der Waals surface area contributed by atoms with E-state index in [1.807, 2.05) is 17.8 Å². The first-order chi connectivity index (χ1) is 11.2. The van der Waals surface area contributed by atoms with E-state index in [9.17, 15) is 4.79 Å². The van der Waals surface area contributed by atoms with Crippen LogP contribution in [0.25, 0.3) is 0 Å². The van der Waals surface area contributed by atoms with Crippen LogP contribution in [0.15, 0.2) is 30.0 Å². The Morgan fingerprint density at radius 2 is 2.48 bits per heavy atom.